The summed E-state index contributed by atoms with van der Waals surface area (Å²) in [7, 11) is 0. The summed E-state index contributed by atoms with van der Waals surface area (Å²) < 4.78 is 0. The Kier molecular flexibility index (Phi) is 6.62. The van der Waals surface area contributed by atoms with Crippen molar-refractivity contribution in [3.8, 4) is 0 Å². The van der Waals surface area contributed by atoms with Gasteiger partial charge in [0.25, 0.3) is 0 Å². The molecule has 0 saturated heterocycles. The van der Waals surface area contributed by atoms with Crippen LogP contribution in [0.25, 0.3) is 0 Å². The number of anilines is 1. The first-order chi connectivity index (χ1) is 9.38. The highest BCUT2D eigenvalue weighted by atomic mass is 35.5. The molecule has 106 valence electrons. The van der Waals surface area contributed by atoms with E-state index in [0.717, 1.165) is 16.0 Å². The van der Waals surface area contributed by atoms with Gasteiger partial charge in [0.15, 0.2) is 0 Å². The third kappa shape index (κ3) is 6.13. The standard InChI is InChI=1S/C16H18ClNOS/c1-11(2)5-7-13(4)20-10-16(19)18-14-8-6-12(3)15(17)9-14/h5-9H,1,4,10H2,2-3H3,(H,18,19)/b7-5-. The number of carbonyl (C=O) groups excluding carboxylic acids is 1. The van der Waals surface area contributed by atoms with Crippen LogP contribution < -0.4 is 5.32 Å². The number of hydrogen-bond acceptors (Lipinski definition) is 2. The number of benzene rings is 1. The molecule has 0 atom stereocenters. The predicted octanol–water partition coefficient (Wildman–Crippen LogP) is 4.97. The fraction of sp³-hybridized carbons (Fsp3) is 0.188. The summed E-state index contributed by atoms with van der Waals surface area (Å²) in [6.45, 7) is 11.5. The highest BCUT2D eigenvalue weighted by molar-refractivity contribution is 8.03. The summed E-state index contributed by atoms with van der Waals surface area (Å²) in [5.41, 5.74) is 2.64. The molecule has 0 aliphatic heterocycles. The zero-order chi connectivity index (χ0) is 15.1. The van der Waals surface area contributed by atoms with E-state index in [1.165, 1.54) is 11.8 Å². The van der Waals surface area contributed by atoms with E-state index >= 15 is 0 Å². The van der Waals surface area contributed by atoms with Gasteiger partial charge in [0.1, 0.15) is 0 Å². The SMILES string of the molecule is C=C(C)/C=C\C(=C)SCC(=O)Nc1ccc(C)c(Cl)c1. The predicted molar refractivity (Wildman–Crippen MR) is 90.4 cm³/mol. The van der Waals surface area contributed by atoms with Gasteiger partial charge in [-0.1, -0.05) is 42.5 Å². The maximum atomic E-state index is 11.8. The smallest absolute Gasteiger partial charge is 0.234 e. The Balaban J connectivity index is 2.46. The number of allylic oxidation sites excluding steroid dienone is 3. The van der Waals surface area contributed by atoms with Gasteiger partial charge in [-0.25, -0.2) is 0 Å². The second-order valence-corrected chi connectivity index (χ2v) is 5.96. The summed E-state index contributed by atoms with van der Waals surface area (Å²) in [6, 6.07) is 5.45. The van der Waals surface area contributed by atoms with E-state index in [0.29, 0.717) is 16.5 Å². The summed E-state index contributed by atoms with van der Waals surface area (Å²) in [6.07, 6.45) is 3.72. The van der Waals surface area contributed by atoms with Gasteiger partial charge >= 0.3 is 0 Å². The lowest BCUT2D eigenvalue weighted by Crippen LogP contribution is -2.14. The molecule has 1 N–H and O–H groups in total. The number of hydrogen-bond donors (Lipinski definition) is 1. The van der Waals surface area contributed by atoms with Crippen LogP contribution in [-0.4, -0.2) is 11.7 Å². The van der Waals surface area contributed by atoms with E-state index in [1.807, 2.05) is 38.1 Å². The van der Waals surface area contributed by atoms with Crippen LogP contribution in [0, 0.1) is 6.92 Å². The number of halogens is 1. The summed E-state index contributed by atoms with van der Waals surface area (Å²) in [5, 5.41) is 3.45. The molecule has 0 aliphatic rings. The van der Waals surface area contributed by atoms with Crippen LogP contribution in [-0.2, 0) is 4.79 Å². The van der Waals surface area contributed by atoms with E-state index in [2.05, 4.69) is 18.5 Å². The van der Waals surface area contributed by atoms with Gasteiger partial charge < -0.3 is 5.32 Å². The molecule has 0 spiro atoms. The molecule has 20 heavy (non-hydrogen) atoms. The first-order valence-corrected chi connectivity index (χ1v) is 7.46. The van der Waals surface area contributed by atoms with E-state index < -0.39 is 0 Å². The monoisotopic (exact) mass is 307 g/mol. The van der Waals surface area contributed by atoms with Crippen molar-refractivity contribution in [2.75, 3.05) is 11.1 Å². The topological polar surface area (TPSA) is 29.1 Å². The molecule has 0 saturated carbocycles. The Morgan fingerprint density at radius 1 is 1.40 bits per heavy atom. The highest BCUT2D eigenvalue weighted by Gasteiger charge is 2.04. The number of amides is 1. The first-order valence-electron chi connectivity index (χ1n) is 6.10. The molecule has 0 aromatic heterocycles. The molecule has 0 bridgehead atoms. The molecule has 1 rings (SSSR count). The lowest BCUT2D eigenvalue weighted by molar-refractivity contribution is -0.113. The quantitative estimate of drug-likeness (QED) is 0.752. The van der Waals surface area contributed by atoms with Gasteiger partial charge in [-0.3, -0.25) is 4.79 Å². The van der Waals surface area contributed by atoms with Crippen molar-refractivity contribution in [2.24, 2.45) is 0 Å². The van der Waals surface area contributed by atoms with Crippen LogP contribution in [0.15, 0.2) is 54.0 Å². The molecular weight excluding hydrogens is 290 g/mol. The Labute approximate surface area is 129 Å². The minimum absolute atomic E-state index is 0.0835. The molecule has 2 nitrogen and oxygen atoms in total. The average Bonchev–Trinajstić information content (AvgIpc) is 2.38. The van der Waals surface area contributed by atoms with Crippen molar-refractivity contribution in [1.82, 2.24) is 0 Å². The Bertz CT molecular complexity index is 564. The van der Waals surface area contributed by atoms with E-state index in [-0.39, 0.29) is 5.91 Å². The molecule has 1 aromatic carbocycles. The van der Waals surface area contributed by atoms with Crippen LogP contribution >= 0.6 is 23.4 Å². The van der Waals surface area contributed by atoms with E-state index in [1.54, 1.807) is 6.07 Å². The van der Waals surface area contributed by atoms with Crippen molar-refractivity contribution >= 4 is 35.0 Å². The van der Waals surface area contributed by atoms with Gasteiger partial charge in [-0.05, 0) is 37.6 Å². The molecule has 0 radical (unpaired) electrons. The second-order valence-electron chi connectivity index (χ2n) is 4.45. The van der Waals surface area contributed by atoms with E-state index in [9.17, 15) is 4.79 Å². The fourth-order valence-electron chi connectivity index (χ4n) is 1.31. The lowest BCUT2D eigenvalue weighted by atomic mass is 10.2. The largest absolute Gasteiger partial charge is 0.325 e. The fourth-order valence-corrected chi connectivity index (χ4v) is 2.04. The third-order valence-corrected chi connectivity index (χ3v) is 3.72. The molecule has 0 fully saturated rings. The molecule has 4 heteroatoms. The molecule has 0 unspecified atom stereocenters. The minimum Gasteiger partial charge on any atom is -0.325 e. The number of thioether (sulfide) groups is 1. The zero-order valence-electron chi connectivity index (χ0n) is 11.7. The summed E-state index contributed by atoms with van der Waals surface area (Å²) in [4.78, 5) is 12.6. The van der Waals surface area contributed by atoms with Crippen molar-refractivity contribution in [2.45, 2.75) is 13.8 Å². The number of nitrogens with one attached hydrogen (secondary N) is 1. The van der Waals surface area contributed by atoms with Crippen molar-refractivity contribution in [3.05, 3.63) is 64.6 Å². The summed E-state index contributed by atoms with van der Waals surface area (Å²) >= 11 is 7.39. The van der Waals surface area contributed by atoms with Crippen LogP contribution in [0.5, 0.6) is 0 Å². The maximum Gasteiger partial charge on any atom is 0.234 e. The van der Waals surface area contributed by atoms with Gasteiger partial charge in [-0.15, -0.1) is 11.8 Å². The Morgan fingerprint density at radius 2 is 2.10 bits per heavy atom. The Morgan fingerprint density at radius 3 is 2.70 bits per heavy atom. The van der Waals surface area contributed by atoms with Crippen molar-refractivity contribution < 1.29 is 4.79 Å². The van der Waals surface area contributed by atoms with Crippen LogP contribution in [0.4, 0.5) is 5.69 Å². The van der Waals surface area contributed by atoms with Crippen LogP contribution in [0.2, 0.25) is 5.02 Å². The van der Waals surface area contributed by atoms with Crippen molar-refractivity contribution in [1.29, 1.82) is 0 Å². The first kappa shape index (κ1) is 16.6. The van der Waals surface area contributed by atoms with Gasteiger partial charge in [0, 0.05) is 15.6 Å². The average molecular weight is 308 g/mol. The van der Waals surface area contributed by atoms with Gasteiger partial charge in [0.2, 0.25) is 5.91 Å². The number of carbonyl (C=O) groups is 1. The van der Waals surface area contributed by atoms with Gasteiger partial charge in [0.05, 0.1) is 5.75 Å². The molecule has 1 aromatic rings. The second kappa shape index (κ2) is 7.98. The highest BCUT2D eigenvalue weighted by Crippen LogP contribution is 2.21. The van der Waals surface area contributed by atoms with Crippen LogP contribution in [0.3, 0.4) is 0 Å². The van der Waals surface area contributed by atoms with Crippen LogP contribution in [0.1, 0.15) is 12.5 Å². The lowest BCUT2D eigenvalue weighted by Gasteiger charge is -2.06. The normalized spacial score (nSPS) is 10.6. The third-order valence-electron chi connectivity index (χ3n) is 2.40. The van der Waals surface area contributed by atoms with Crippen molar-refractivity contribution in [3.63, 3.8) is 0 Å². The minimum atomic E-state index is -0.0835. The molecular formula is C16H18ClNOS. The summed E-state index contributed by atoms with van der Waals surface area (Å²) in [5.74, 6) is 0.227. The van der Waals surface area contributed by atoms with Gasteiger partial charge in [-0.2, -0.15) is 0 Å². The number of rotatable bonds is 6. The number of aryl methyl sites for hydroxylation is 1. The zero-order valence-corrected chi connectivity index (χ0v) is 13.3. The maximum absolute atomic E-state index is 11.8. The van der Waals surface area contributed by atoms with E-state index in [4.69, 9.17) is 11.6 Å². The Hall–Kier alpha value is -1.45. The molecule has 1 amide bonds. The molecule has 0 heterocycles. The molecule has 0 aliphatic carbocycles.